The molecule has 0 unspecified atom stereocenters. The molecule has 1 aromatic rings. The normalized spacial score (nSPS) is 9.24. The molecule has 0 saturated carbocycles. The molecule has 0 saturated heterocycles. The highest BCUT2D eigenvalue weighted by Crippen LogP contribution is 2.28. The number of aliphatic hydroxyl groups is 1. The maximum absolute atomic E-state index is 13.1. The Bertz CT molecular complexity index is 386. The van der Waals surface area contributed by atoms with Gasteiger partial charge in [0.2, 0.25) is 0 Å². The number of halogens is 2. The van der Waals surface area contributed by atoms with Gasteiger partial charge in [-0.3, -0.25) is 10.1 Å². The first-order valence-electron chi connectivity index (χ1n) is 5.05. The van der Waals surface area contributed by atoms with Crippen molar-refractivity contribution >= 4 is 11.4 Å². The van der Waals surface area contributed by atoms with Gasteiger partial charge < -0.3 is 10.4 Å². The van der Waals surface area contributed by atoms with Gasteiger partial charge in [-0.15, -0.1) is 0 Å². The molecule has 0 aliphatic heterocycles. The summed E-state index contributed by atoms with van der Waals surface area (Å²) < 4.78 is 25.9. The van der Waals surface area contributed by atoms with Crippen molar-refractivity contribution in [1.82, 2.24) is 0 Å². The summed E-state index contributed by atoms with van der Waals surface area (Å²) >= 11 is 0. The van der Waals surface area contributed by atoms with Gasteiger partial charge in [0.25, 0.3) is 5.69 Å². The van der Waals surface area contributed by atoms with Crippen LogP contribution in [0.1, 0.15) is 13.8 Å². The van der Waals surface area contributed by atoms with Crippen LogP contribution in [0.15, 0.2) is 12.1 Å². The maximum atomic E-state index is 13.1. The van der Waals surface area contributed by atoms with Crippen molar-refractivity contribution in [3.05, 3.63) is 33.9 Å². The number of nitro groups is 1. The SMILES string of the molecule is CC.O=[N+]([O-])c1ccc(F)c(F)c1NCCO. The number of nitrogens with zero attached hydrogens (tertiary/aromatic N) is 1. The predicted molar refractivity (Wildman–Crippen MR) is 59.9 cm³/mol. The number of hydrogen-bond acceptors (Lipinski definition) is 4. The number of aliphatic hydroxyl groups excluding tert-OH is 1. The average molecular weight is 248 g/mol. The van der Waals surface area contributed by atoms with Gasteiger partial charge in [-0.2, -0.15) is 0 Å². The van der Waals surface area contributed by atoms with E-state index in [1.807, 2.05) is 13.8 Å². The van der Waals surface area contributed by atoms with E-state index in [1.54, 1.807) is 0 Å². The van der Waals surface area contributed by atoms with Gasteiger partial charge in [-0.05, 0) is 6.07 Å². The Labute approximate surface area is 97.2 Å². The van der Waals surface area contributed by atoms with Crippen LogP contribution in [0.2, 0.25) is 0 Å². The third-order valence-corrected chi connectivity index (χ3v) is 1.68. The first-order valence-corrected chi connectivity index (χ1v) is 5.05. The molecule has 0 aliphatic carbocycles. The lowest BCUT2D eigenvalue weighted by molar-refractivity contribution is -0.384. The van der Waals surface area contributed by atoms with Crippen molar-refractivity contribution in [2.45, 2.75) is 13.8 Å². The van der Waals surface area contributed by atoms with Crippen LogP contribution in [0.25, 0.3) is 0 Å². The first-order chi connectivity index (χ1) is 8.07. The summed E-state index contributed by atoms with van der Waals surface area (Å²) in [5.74, 6) is -2.50. The van der Waals surface area contributed by atoms with Crippen LogP contribution in [-0.4, -0.2) is 23.2 Å². The quantitative estimate of drug-likeness (QED) is 0.633. The summed E-state index contributed by atoms with van der Waals surface area (Å²) in [6, 6.07) is 1.54. The fourth-order valence-corrected chi connectivity index (χ4v) is 1.04. The first kappa shape index (κ1) is 15.2. The van der Waals surface area contributed by atoms with Crippen molar-refractivity contribution in [3.8, 4) is 0 Å². The minimum absolute atomic E-state index is 0.0960. The third kappa shape index (κ3) is 3.95. The van der Waals surface area contributed by atoms with Crippen molar-refractivity contribution in [3.63, 3.8) is 0 Å². The van der Waals surface area contributed by atoms with Gasteiger partial charge in [0.1, 0.15) is 0 Å². The number of nitro benzene ring substituents is 1. The lowest BCUT2D eigenvalue weighted by atomic mass is 10.2. The monoisotopic (exact) mass is 248 g/mol. The van der Waals surface area contributed by atoms with Gasteiger partial charge in [0, 0.05) is 12.6 Å². The summed E-state index contributed by atoms with van der Waals surface area (Å²) in [5, 5.41) is 21.2. The Balaban J connectivity index is 0.00000121. The number of rotatable bonds is 4. The molecule has 96 valence electrons. The lowest BCUT2D eigenvalue weighted by Crippen LogP contribution is -2.10. The van der Waals surface area contributed by atoms with Gasteiger partial charge in [0.05, 0.1) is 11.5 Å². The molecular weight excluding hydrogens is 234 g/mol. The van der Waals surface area contributed by atoms with Crippen LogP contribution in [0, 0.1) is 21.7 Å². The molecule has 0 fully saturated rings. The number of benzene rings is 1. The molecule has 0 spiro atoms. The topological polar surface area (TPSA) is 75.4 Å². The summed E-state index contributed by atoms with van der Waals surface area (Å²) in [5.41, 5.74) is -1.11. The van der Waals surface area contributed by atoms with Crippen LogP contribution < -0.4 is 5.32 Å². The van der Waals surface area contributed by atoms with Crippen LogP contribution >= 0.6 is 0 Å². The Hall–Kier alpha value is -1.76. The van der Waals surface area contributed by atoms with Crippen molar-refractivity contribution in [2.75, 3.05) is 18.5 Å². The van der Waals surface area contributed by atoms with Crippen molar-refractivity contribution < 1.29 is 18.8 Å². The van der Waals surface area contributed by atoms with Crippen LogP contribution in [0.3, 0.4) is 0 Å². The highest BCUT2D eigenvalue weighted by Gasteiger charge is 2.20. The Morgan fingerprint density at radius 2 is 2.00 bits per heavy atom. The molecule has 0 amide bonds. The Morgan fingerprint density at radius 3 is 2.47 bits per heavy atom. The van der Waals surface area contributed by atoms with Gasteiger partial charge in [0.15, 0.2) is 17.3 Å². The molecule has 0 atom stereocenters. The van der Waals surface area contributed by atoms with E-state index in [9.17, 15) is 18.9 Å². The molecule has 0 heterocycles. The minimum Gasteiger partial charge on any atom is -0.395 e. The second-order valence-corrected chi connectivity index (χ2v) is 2.66. The maximum Gasteiger partial charge on any atom is 0.295 e. The fourth-order valence-electron chi connectivity index (χ4n) is 1.04. The summed E-state index contributed by atoms with van der Waals surface area (Å²) in [4.78, 5) is 9.63. The smallest absolute Gasteiger partial charge is 0.295 e. The van der Waals surface area contributed by atoms with E-state index in [1.165, 1.54) is 0 Å². The molecule has 5 nitrogen and oxygen atoms in total. The van der Waals surface area contributed by atoms with Gasteiger partial charge >= 0.3 is 0 Å². The number of hydrogen-bond donors (Lipinski definition) is 2. The van der Waals surface area contributed by atoms with E-state index < -0.39 is 27.9 Å². The molecule has 1 aromatic carbocycles. The minimum atomic E-state index is -1.32. The number of anilines is 1. The second-order valence-electron chi connectivity index (χ2n) is 2.66. The zero-order valence-electron chi connectivity index (χ0n) is 9.54. The van der Waals surface area contributed by atoms with Crippen LogP contribution in [-0.2, 0) is 0 Å². The molecular formula is C10H14F2N2O3. The van der Waals surface area contributed by atoms with E-state index in [4.69, 9.17) is 5.11 Å². The van der Waals surface area contributed by atoms with E-state index in [0.717, 1.165) is 6.07 Å². The highest BCUT2D eigenvalue weighted by atomic mass is 19.2. The lowest BCUT2D eigenvalue weighted by Gasteiger charge is -2.06. The van der Waals surface area contributed by atoms with E-state index in [-0.39, 0.29) is 13.2 Å². The predicted octanol–water partition coefficient (Wildman–Crippen LogP) is 2.30. The molecule has 7 heteroatoms. The molecule has 2 N–H and O–H groups in total. The Kier molecular flexibility index (Phi) is 6.73. The van der Waals surface area contributed by atoms with Crippen LogP contribution in [0.5, 0.6) is 0 Å². The molecule has 0 aliphatic rings. The van der Waals surface area contributed by atoms with Gasteiger partial charge in [-0.25, -0.2) is 8.78 Å². The van der Waals surface area contributed by atoms with Crippen molar-refractivity contribution in [2.24, 2.45) is 0 Å². The van der Waals surface area contributed by atoms with E-state index in [2.05, 4.69) is 5.32 Å². The molecule has 0 radical (unpaired) electrons. The number of nitrogens with one attached hydrogen (secondary N) is 1. The average Bonchev–Trinajstić information content (AvgIpc) is 2.33. The molecule has 0 bridgehead atoms. The summed E-state index contributed by atoms with van der Waals surface area (Å²) in [7, 11) is 0. The molecule has 0 aromatic heterocycles. The largest absolute Gasteiger partial charge is 0.395 e. The van der Waals surface area contributed by atoms with Crippen LogP contribution in [0.4, 0.5) is 20.2 Å². The Morgan fingerprint density at radius 1 is 1.41 bits per heavy atom. The third-order valence-electron chi connectivity index (χ3n) is 1.68. The fraction of sp³-hybridized carbons (Fsp3) is 0.400. The second kappa shape index (κ2) is 7.50. The molecule has 1 rings (SSSR count). The van der Waals surface area contributed by atoms with Crippen molar-refractivity contribution in [1.29, 1.82) is 0 Å². The van der Waals surface area contributed by atoms with E-state index in [0.29, 0.717) is 6.07 Å². The van der Waals surface area contributed by atoms with Gasteiger partial charge in [-0.1, -0.05) is 13.8 Å². The molecule has 17 heavy (non-hydrogen) atoms. The standard InChI is InChI=1S/C8H8F2N2O3.C2H6/c9-5-1-2-6(12(14)15)8(7(5)10)11-3-4-13;1-2/h1-2,11,13H,3-4H2;1-2H3. The van der Waals surface area contributed by atoms with E-state index >= 15 is 0 Å². The highest BCUT2D eigenvalue weighted by molar-refractivity contribution is 5.62. The summed E-state index contributed by atoms with van der Waals surface area (Å²) in [6.07, 6.45) is 0. The zero-order chi connectivity index (χ0) is 13.4. The zero-order valence-corrected chi connectivity index (χ0v) is 9.54. The summed E-state index contributed by atoms with van der Waals surface area (Å²) in [6.45, 7) is 3.56.